The van der Waals surface area contributed by atoms with Gasteiger partial charge >= 0.3 is 11.9 Å². The summed E-state index contributed by atoms with van der Waals surface area (Å²) >= 11 is 0. The van der Waals surface area contributed by atoms with E-state index in [1.165, 1.54) is 18.2 Å². The van der Waals surface area contributed by atoms with E-state index in [0.717, 1.165) is 58.0 Å². The topological polar surface area (TPSA) is 232 Å². The summed E-state index contributed by atoms with van der Waals surface area (Å²) in [7, 11) is 0. The van der Waals surface area contributed by atoms with Crippen LogP contribution in [0.25, 0.3) is 0 Å². The van der Waals surface area contributed by atoms with Gasteiger partial charge in [-0.3, -0.25) is 29.0 Å². The van der Waals surface area contributed by atoms with Gasteiger partial charge in [0.05, 0.1) is 28.1 Å². The van der Waals surface area contributed by atoms with Crippen molar-refractivity contribution < 1.29 is 43.4 Å². The van der Waals surface area contributed by atoms with Crippen LogP contribution in [0.1, 0.15) is 113 Å². The monoisotopic (exact) mass is 880 g/mol. The van der Waals surface area contributed by atoms with E-state index >= 15 is 4.39 Å². The van der Waals surface area contributed by atoms with Crippen LogP contribution in [0.3, 0.4) is 0 Å². The maximum Gasteiger partial charge on any atom is 0.337 e. The van der Waals surface area contributed by atoms with Crippen LogP contribution in [0.2, 0.25) is 0 Å². The third kappa shape index (κ3) is 8.87. The third-order valence-electron chi connectivity index (χ3n) is 14.4. The Morgan fingerprint density at radius 3 is 1.86 bits per heavy atom. The van der Waals surface area contributed by atoms with Crippen LogP contribution in [0, 0.1) is 11.7 Å². The Balaban J connectivity index is 0.904. The zero-order chi connectivity index (χ0) is 45.3. The number of nitrogens with two attached hydrogens (primary N) is 2. The predicted molar refractivity (Wildman–Crippen MR) is 238 cm³/mol. The molecule has 8 rings (SSSR count). The third-order valence-corrected chi connectivity index (χ3v) is 14.4. The SMILES string of the molecule is NC(=O)C1(N2CCCCC2)CCN(c2ccc(NC(=O)c3ccc(C4CCCN(C5(C(N)=O)CCN(c6ccc(NC(=O)C7CC7)c(C(=O)O)c6)CC5)C4)cc3F)cc2C(=O)O)CC1. The largest absolute Gasteiger partial charge is 0.478 e. The smallest absolute Gasteiger partial charge is 0.337 e. The summed E-state index contributed by atoms with van der Waals surface area (Å²) in [6, 6.07) is 14.0. The van der Waals surface area contributed by atoms with Crippen LogP contribution in [0.4, 0.5) is 27.1 Å². The number of benzene rings is 3. The number of nitrogens with one attached hydrogen (secondary N) is 2. The number of hydrogen-bond donors (Lipinski definition) is 6. The summed E-state index contributed by atoms with van der Waals surface area (Å²) in [5.74, 6) is -5.05. The van der Waals surface area contributed by atoms with Crippen LogP contribution < -0.4 is 31.9 Å². The minimum Gasteiger partial charge on any atom is -0.478 e. The molecule has 1 aliphatic carbocycles. The van der Waals surface area contributed by atoms with Crippen molar-refractivity contribution >= 4 is 58.3 Å². The number of primary amides is 2. The van der Waals surface area contributed by atoms with Crippen molar-refractivity contribution in [3.63, 3.8) is 0 Å². The van der Waals surface area contributed by atoms with Gasteiger partial charge in [-0.25, -0.2) is 14.0 Å². The van der Waals surface area contributed by atoms with Gasteiger partial charge in [0.15, 0.2) is 0 Å². The number of carboxylic acids is 2. The molecule has 4 aliphatic heterocycles. The van der Waals surface area contributed by atoms with E-state index in [9.17, 15) is 39.0 Å². The summed E-state index contributed by atoms with van der Waals surface area (Å²) < 4.78 is 15.8. The molecule has 4 saturated heterocycles. The Hall–Kier alpha value is -6.07. The maximum absolute atomic E-state index is 15.8. The minimum absolute atomic E-state index is 0.00838. The fourth-order valence-electron chi connectivity index (χ4n) is 10.5. The lowest BCUT2D eigenvalue weighted by molar-refractivity contribution is -0.133. The highest BCUT2D eigenvalue weighted by molar-refractivity contribution is 6.06. The number of nitrogens with zero attached hydrogens (tertiary/aromatic N) is 4. The predicted octanol–water partition coefficient (Wildman–Crippen LogP) is 4.84. The molecule has 0 radical (unpaired) electrons. The van der Waals surface area contributed by atoms with E-state index in [-0.39, 0.29) is 51.7 Å². The molecule has 4 heterocycles. The Bertz CT molecular complexity index is 2330. The van der Waals surface area contributed by atoms with E-state index in [0.29, 0.717) is 81.9 Å². The summed E-state index contributed by atoms with van der Waals surface area (Å²) in [5, 5.41) is 25.5. The van der Waals surface area contributed by atoms with Crippen LogP contribution >= 0.6 is 0 Å². The van der Waals surface area contributed by atoms with Crippen molar-refractivity contribution in [2.24, 2.45) is 17.4 Å². The lowest BCUT2D eigenvalue weighted by Gasteiger charge is -2.50. The number of amides is 4. The molecule has 0 spiro atoms. The van der Waals surface area contributed by atoms with E-state index in [1.807, 2.05) is 9.80 Å². The molecule has 4 amide bonds. The molecule has 0 bridgehead atoms. The molecule has 3 aromatic carbocycles. The molecule has 17 heteroatoms. The fraction of sp³-hybridized carbons (Fsp3) is 0.489. The van der Waals surface area contributed by atoms with Gasteiger partial charge in [-0.2, -0.15) is 0 Å². The maximum atomic E-state index is 15.8. The van der Waals surface area contributed by atoms with Gasteiger partial charge in [-0.1, -0.05) is 12.5 Å². The summed E-state index contributed by atoms with van der Waals surface area (Å²) in [5.41, 5.74) is 12.4. The molecular weight excluding hydrogens is 824 g/mol. The molecule has 5 aliphatic rings. The quantitative estimate of drug-likeness (QED) is 0.136. The van der Waals surface area contributed by atoms with Gasteiger partial charge in [0.2, 0.25) is 17.7 Å². The standard InChI is InChI=1S/C47H57FN8O8/c48-37-25-30(8-11-34(37)41(58)51-32-9-13-39(36(26-32)43(61)62)54-23-16-46(17-24-54,44(49)63)55-18-2-1-3-19-55)31-5-4-20-56(28-31)47(45(50)64)14-21-53(22-15-47)33-10-12-38(35(27-33)42(59)60)52-40(57)29-6-7-29/h8-13,25-27,29,31H,1-7,14-24,28H2,(H2,49,63)(H2,50,64)(H,51,58)(H,52,57)(H,59,60)(H,61,62). The summed E-state index contributed by atoms with van der Waals surface area (Å²) in [6.45, 7) is 4.39. The van der Waals surface area contributed by atoms with E-state index < -0.39 is 40.6 Å². The van der Waals surface area contributed by atoms with Crippen molar-refractivity contribution in [1.82, 2.24) is 9.80 Å². The average Bonchev–Trinajstić information content (AvgIpc) is 4.16. The molecule has 340 valence electrons. The number of likely N-dealkylation sites (tertiary alicyclic amines) is 2. The number of piperidine rings is 4. The molecule has 0 aromatic heterocycles. The normalized spacial score (nSPS) is 21.4. The molecule has 1 unspecified atom stereocenters. The zero-order valence-corrected chi connectivity index (χ0v) is 36.0. The second kappa shape index (κ2) is 18.2. The van der Waals surface area contributed by atoms with E-state index in [2.05, 4.69) is 20.4 Å². The van der Waals surface area contributed by atoms with Gasteiger partial charge in [0.25, 0.3) is 5.91 Å². The highest BCUT2D eigenvalue weighted by Crippen LogP contribution is 2.39. The second-order valence-electron chi connectivity index (χ2n) is 18.1. The first-order valence-corrected chi connectivity index (χ1v) is 22.5. The molecule has 1 atom stereocenters. The Morgan fingerprint density at radius 2 is 1.25 bits per heavy atom. The second-order valence-corrected chi connectivity index (χ2v) is 18.1. The van der Waals surface area contributed by atoms with Crippen LogP contribution in [-0.4, -0.2) is 119 Å². The Kier molecular flexibility index (Phi) is 12.7. The van der Waals surface area contributed by atoms with Crippen molar-refractivity contribution in [3.8, 4) is 0 Å². The van der Waals surface area contributed by atoms with Crippen molar-refractivity contribution in [1.29, 1.82) is 0 Å². The van der Waals surface area contributed by atoms with Crippen LogP contribution in [0.15, 0.2) is 54.6 Å². The number of carbonyl (C=O) groups excluding carboxylic acids is 4. The van der Waals surface area contributed by atoms with Crippen molar-refractivity contribution in [2.45, 2.75) is 87.6 Å². The van der Waals surface area contributed by atoms with Gasteiger partial charge in [0.1, 0.15) is 16.9 Å². The number of anilines is 4. The molecule has 5 fully saturated rings. The first-order valence-electron chi connectivity index (χ1n) is 22.5. The molecule has 1 saturated carbocycles. The Labute approximate surface area is 371 Å². The number of carboxylic acid groups (broad SMARTS) is 2. The van der Waals surface area contributed by atoms with Crippen LogP contribution in [-0.2, 0) is 14.4 Å². The van der Waals surface area contributed by atoms with Gasteiger partial charge in [-0.15, -0.1) is 0 Å². The number of hydrogen-bond acceptors (Lipinski definition) is 10. The van der Waals surface area contributed by atoms with E-state index in [4.69, 9.17) is 11.5 Å². The lowest BCUT2D eigenvalue weighted by Crippen LogP contribution is -2.64. The minimum atomic E-state index is -1.19. The van der Waals surface area contributed by atoms with Gasteiger partial charge < -0.3 is 42.1 Å². The van der Waals surface area contributed by atoms with Gasteiger partial charge in [0, 0.05) is 50.0 Å². The van der Waals surface area contributed by atoms with Crippen LogP contribution in [0.5, 0.6) is 0 Å². The number of halogens is 1. The first kappa shape index (κ1) is 44.5. The molecule has 8 N–H and O–H groups in total. The number of carbonyl (C=O) groups is 6. The lowest BCUT2D eigenvalue weighted by atomic mass is 9.80. The fourth-order valence-corrected chi connectivity index (χ4v) is 10.5. The zero-order valence-electron chi connectivity index (χ0n) is 36.0. The van der Waals surface area contributed by atoms with Gasteiger partial charge in [-0.05, 0) is 144 Å². The molecule has 16 nitrogen and oxygen atoms in total. The van der Waals surface area contributed by atoms with E-state index in [1.54, 1.807) is 36.4 Å². The summed E-state index contributed by atoms with van der Waals surface area (Å²) in [4.78, 5) is 84.7. The number of rotatable bonds is 13. The van der Waals surface area contributed by atoms with Crippen molar-refractivity contribution in [3.05, 3.63) is 82.7 Å². The highest BCUT2D eigenvalue weighted by atomic mass is 19.1. The first-order chi connectivity index (χ1) is 30.7. The molecule has 64 heavy (non-hydrogen) atoms. The molecule has 3 aromatic rings. The highest BCUT2D eigenvalue weighted by Gasteiger charge is 2.47. The summed E-state index contributed by atoms with van der Waals surface area (Å²) in [6.07, 6.45) is 7.90. The van der Waals surface area contributed by atoms with Crippen molar-refractivity contribution in [2.75, 3.05) is 72.8 Å². The molecular formula is C47H57FN8O8. The average molecular weight is 881 g/mol. The Morgan fingerprint density at radius 1 is 0.625 bits per heavy atom. The number of aromatic carboxylic acids is 2.